The van der Waals surface area contributed by atoms with Crippen molar-refractivity contribution in [2.45, 2.75) is 52.2 Å². The number of hydrogen-bond donors (Lipinski definition) is 1. The van der Waals surface area contributed by atoms with Crippen molar-refractivity contribution in [3.8, 4) is 0 Å². The molecule has 21 heavy (non-hydrogen) atoms. The zero-order valence-electron chi connectivity index (χ0n) is 13.0. The Hall–Kier alpha value is -1.33. The molecule has 1 atom stereocenters. The van der Waals surface area contributed by atoms with Crippen LogP contribution in [0.4, 0.5) is 0 Å². The normalized spacial score (nSPS) is 13.1. The number of aliphatic hydroxyl groups is 1. The molecule has 0 aromatic carbocycles. The summed E-state index contributed by atoms with van der Waals surface area (Å²) in [6.45, 7) is 7.12. The van der Waals surface area contributed by atoms with Crippen LogP contribution in [-0.2, 0) is 20.0 Å². The van der Waals surface area contributed by atoms with Gasteiger partial charge in [-0.05, 0) is 12.3 Å². The molecule has 2 aromatic heterocycles. The van der Waals surface area contributed by atoms with Gasteiger partial charge in [0.15, 0.2) is 0 Å². The van der Waals surface area contributed by atoms with Crippen molar-refractivity contribution in [3.05, 3.63) is 34.6 Å². The van der Waals surface area contributed by atoms with Crippen LogP contribution in [-0.4, -0.2) is 24.4 Å². The third kappa shape index (κ3) is 3.30. The topological polar surface area (TPSA) is 55.9 Å². The van der Waals surface area contributed by atoms with E-state index in [0.29, 0.717) is 11.6 Å². The molecule has 0 aliphatic carbocycles. The van der Waals surface area contributed by atoms with E-state index in [0.717, 1.165) is 30.0 Å². The molecule has 2 rings (SSSR count). The molecule has 0 amide bonds. The average Bonchev–Trinajstić information content (AvgIpc) is 2.96. The van der Waals surface area contributed by atoms with E-state index < -0.39 is 6.10 Å². The van der Waals surface area contributed by atoms with Gasteiger partial charge in [0.25, 0.3) is 0 Å². The third-order valence-electron chi connectivity index (χ3n) is 3.56. The molecule has 0 bridgehead atoms. The van der Waals surface area contributed by atoms with Gasteiger partial charge in [0, 0.05) is 38.0 Å². The van der Waals surface area contributed by atoms with Crippen LogP contribution in [0, 0.1) is 0 Å². The molecule has 6 heteroatoms. The number of hydrogen-bond acceptors (Lipinski definition) is 3. The molecule has 0 aliphatic rings. The van der Waals surface area contributed by atoms with Crippen LogP contribution in [0.25, 0.3) is 0 Å². The summed E-state index contributed by atoms with van der Waals surface area (Å²) >= 11 is 6.31. The molecule has 0 saturated heterocycles. The summed E-state index contributed by atoms with van der Waals surface area (Å²) in [4.78, 5) is 4.34. The largest absolute Gasteiger partial charge is 0.388 e. The highest BCUT2D eigenvalue weighted by molar-refractivity contribution is 6.30. The number of halogens is 1. The van der Waals surface area contributed by atoms with Crippen LogP contribution < -0.4 is 0 Å². The molecule has 0 fully saturated rings. The van der Waals surface area contributed by atoms with Crippen LogP contribution in [0.5, 0.6) is 0 Å². The van der Waals surface area contributed by atoms with Gasteiger partial charge in [-0.15, -0.1) is 0 Å². The number of rotatable bonds is 6. The highest BCUT2D eigenvalue weighted by Crippen LogP contribution is 2.32. The second kappa shape index (κ2) is 6.62. The highest BCUT2D eigenvalue weighted by atomic mass is 35.5. The minimum atomic E-state index is -0.693. The van der Waals surface area contributed by atoms with E-state index in [-0.39, 0.29) is 5.92 Å². The smallest absolute Gasteiger partial charge is 0.132 e. The van der Waals surface area contributed by atoms with Crippen molar-refractivity contribution in [1.29, 1.82) is 0 Å². The first kappa shape index (κ1) is 16.0. The number of aryl methyl sites for hydroxylation is 2. The van der Waals surface area contributed by atoms with Crippen LogP contribution in [0.1, 0.15) is 56.3 Å². The first-order chi connectivity index (χ1) is 9.95. The molecule has 0 aliphatic heterocycles. The fourth-order valence-corrected chi connectivity index (χ4v) is 2.78. The van der Waals surface area contributed by atoms with Gasteiger partial charge in [-0.3, -0.25) is 4.68 Å². The van der Waals surface area contributed by atoms with E-state index in [9.17, 15) is 5.11 Å². The first-order valence-corrected chi connectivity index (χ1v) is 7.73. The van der Waals surface area contributed by atoms with Gasteiger partial charge in [-0.25, -0.2) is 4.98 Å². The Morgan fingerprint density at radius 2 is 2.10 bits per heavy atom. The Labute approximate surface area is 130 Å². The quantitative estimate of drug-likeness (QED) is 0.892. The van der Waals surface area contributed by atoms with Gasteiger partial charge in [0.1, 0.15) is 11.0 Å². The summed E-state index contributed by atoms with van der Waals surface area (Å²) in [7, 11) is 1.79. The lowest BCUT2D eigenvalue weighted by molar-refractivity contribution is 0.173. The Kier molecular flexibility index (Phi) is 5.06. The Morgan fingerprint density at radius 1 is 1.38 bits per heavy atom. The zero-order chi connectivity index (χ0) is 15.6. The molecule has 2 aromatic rings. The molecule has 2 heterocycles. The van der Waals surface area contributed by atoms with Crippen molar-refractivity contribution >= 4 is 11.6 Å². The number of imidazole rings is 1. The minimum absolute atomic E-state index is 0.212. The lowest BCUT2D eigenvalue weighted by atomic mass is 10.0. The molecular formula is C15H23ClN4O. The second-order valence-corrected chi connectivity index (χ2v) is 5.98. The number of aliphatic hydroxyl groups excluding tert-OH is 1. The fraction of sp³-hybridized carbons (Fsp3) is 0.600. The van der Waals surface area contributed by atoms with Gasteiger partial charge in [0.05, 0.1) is 11.8 Å². The maximum Gasteiger partial charge on any atom is 0.132 e. The summed E-state index contributed by atoms with van der Waals surface area (Å²) in [5.41, 5.74) is 1.57. The van der Waals surface area contributed by atoms with Crippen molar-refractivity contribution in [2.75, 3.05) is 0 Å². The summed E-state index contributed by atoms with van der Waals surface area (Å²) in [5.74, 6) is 1.09. The first-order valence-electron chi connectivity index (χ1n) is 7.36. The maximum atomic E-state index is 10.6. The van der Waals surface area contributed by atoms with E-state index in [1.165, 1.54) is 0 Å². The lowest BCUT2D eigenvalue weighted by Gasteiger charge is -2.14. The average molecular weight is 311 g/mol. The van der Waals surface area contributed by atoms with Crippen LogP contribution in [0.15, 0.2) is 12.4 Å². The van der Waals surface area contributed by atoms with E-state index in [2.05, 4.69) is 21.6 Å². The lowest BCUT2D eigenvalue weighted by Crippen LogP contribution is -2.10. The summed E-state index contributed by atoms with van der Waals surface area (Å²) < 4.78 is 3.69. The molecule has 0 saturated carbocycles. The molecule has 5 nitrogen and oxygen atoms in total. The van der Waals surface area contributed by atoms with Crippen molar-refractivity contribution in [1.82, 2.24) is 19.3 Å². The summed E-state index contributed by atoms with van der Waals surface area (Å²) in [5, 5.41) is 15.5. The second-order valence-electron chi connectivity index (χ2n) is 5.62. The molecule has 1 unspecified atom stereocenters. The third-order valence-corrected chi connectivity index (χ3v) is 4.01. The molecule has 1 N–H and O–H groups in total. The van der Waals surface area contributed by atoms with Crippen molar-refractivity contribution in [3.63, 3.8) is 0 Å². The summed E-state index contributed by atoms with van der Waals surface area (Å²) in [6, 6.07) is 0. The monoisotopic (exact) mass is 310 g/mol. The van der Waals surface area contributed by atoms with Crippen molar-refractivity contribution < 1.29 is 5.11 Å². The van der Waals surface area contributed by atoms with Gasteiger partial charge < -0.3 is 9.67 Å². The SMILES string of the molecule is CCCn1ccnc1CC(O)c1c(C(C)C)nn(C)c1Cl. The fourth-order valence-electron chi connectivity index (χ4n) is 2.52. The van der Waals surface area contributed by atoms with Crippen LogP contribution >= 0.6 is 11.6 Å². The van der Waals surface area contributed by atoms with Gasteiger partial charge in [-0.1, -0.05) is 32.4 Å². The van der Waals surface area contributed by atoms with E-state index >= 15 is 0 Å². The molecule has 116 valence electrons. The predicted octanol–water partition coefficient (Wildman–Crippen LogP) is 3.08. The van der Waals surface area contributed by atoms with Crippen LogP contribution in [0.2, 0.25) is 5.15 Å². The molecule has 0 spiro atoms. The zero-order valence-corrected chi connectivity index (χ0v) is 13.8. The minimum Gasteiger partial charge on any atom is -0.388 e. The van der Waals surface area contributed by atoms with Crippen LogP contribution in [0.3, 0.4) is 0 Å². The highest BCUT2D eigenvalue weighted by Gasteiger charge is 2.24. The maximum absolute atomic E-state index is 10.6. The Bertz CT molecular complexity index is 603. The Morgan fingerprint density at radius 3 is 2.71 bits per heavy atom. The molecule has 0 radical (unpaired) electrons. The summed E-state index contributed by atoms with van der Waals surface area (Å²) in [6.07, 6.45) is 4.50. The molecular weight excluding hydrogens is 288 g/mol. The van der Waals surface area contributed by atoms with Gasteiger partial charge in [0.2, 0.25) is 0 Å². The Balaban J connectivity index is 2.28. The number of nitrogens with zero attached hydrogens (tertiary/aromatic N) is 4. The van der Waals surface area contributed by atoms with E-state index in [4.69, 9.17) is 11.6 Å². The standard InChI is InChI=1S/C15H23ClN4O/c1-5-7-20-8-6-17-12(20)9-11(21)13-14(10(2)3)18-19(4)15(13)16/h6,8,10-11,21H,5,7,9H2,1-4H3. The number of aromatic nitrogens is 4. The van der Waals surface area contributed by atoms with Crippen molar-refractivity contribution in [2.24, 2.45) is 7.05 Å². The predicted molar refractivity (Wildman–Crippen MR) is 83.5 cm³/mol. The van der Waals surface area contributed by atoms with Gasteiger partial charge in [-0.2, -0.15) is 5.10 Å². The van der Waals surface area contributed by atoms with E-state index in [1.807, 2.05) is 20.0 Å². The van der Waals surface area contributed by atoms with Gasteiger partial charge >= 0.3 is 0 Å². The van der Waals surface area contributed by atoms with E-state index in [1.54, 1.807) is 17.9 Å².